The molecule has 0 aliphatic heterocycles. The molecule has 0 aromatic heterocycles. The molecule has 3 fully saturated rings. The van der Waals surface area contributed by atoms with Crippen LogP contribution in [-0.4, -0.2) is 61.2 Å². The molecule has 4 rings (SSSR count). The number of Topliss-reactive ketones (excluding diaryl/α,β-unsaturated/α-hetero) is 3. The highest BCUT2D eigenvalue weighted by atomic mass is 16.3. The van der Waals surface area contributed by atoms with Crippen LogP contribution in [0.4, 0.5) is 0 Å². The van der Waals surface area contributed by atoms with E-state index in [1.807, 2.05) is 27.7 Å². The van der Waals surface area contributed by atoms with E-state index in [-0.39, 0.29) is 49.1 Å². The monoisotopic (exact) mass is 518 g/mol. The number of hydrogen-bond acceptors (Lipinski definition) is 7. The Bertz CT molecular complexity index is 1050. The molecule has 0 spiro atoms. The van der Waals surface area contributed by atoms with Crippen molar-refractivity contribution in [3.8, 4) is 0 Å². The molecular formula is C30H46O7. The van der Waals surface area contributed by atoms with Crippen LogP contribution >= 0.6 is 0 Å². The second-order valence-corrected chi connectivity index (χ2v) is 14.6. The largest absolute Gasteiger partial charge is 0.393 e. The van der Waals surface area contributed by atoms with E-state index in [0.29, 0.717) is 12.8 Å². The van der Waals surface area contributed by atoms with Crippen LogP contribution in [0.5, 0.6) is 0 Å². The summed E-state index contributed by atoms with van der Waals surface area (Å²) >= 11 is 0. The SMILES string of the molecule is CC(C)(O)CCC(=O)[C@@](C)(O)[C@H]1[C@H](O)C[C@@]2(C)[C@@H]3CC=C4[C@@H](C[C@H](O)C(=O)C4(C)C)[C@]3(C)C(=O)C[C@]12C. The molecule has 0 amide bonds. The molecule has 4 aliphatic rings. The van der Waals surface area contributed by atoms with Crippen molar-refractivity contribution < 1.29 is 34.8 Å². The predicted molar refractivity (Wildman–Crippen MR) is 138 cm³/mol. The lowest BCUT2D eigenvalue weighted by molar-refractivity contribution is -0.185. The number of rotatable bonds is 5. The third kappa shape index (κ3) is 3.78. The van der Waals surface area contributed by atoms with Crippen LogP contribution in [0.2, 0.25) is 0 Å². The van der Waals surface area contributed by atoms with Gasteiger partial charge in [-0.25, -0.2) is 0 Å². The average Bonchev–Trinajstić information content (AvgIpc) is 2.96. The van der Waals surface area contributed by atoms with Crippen molar-refractivity contribution in [1.82, 2.24) is 0 Å². The van der Waals surface area contributed by atoms with Crippen molar-refractivity contribution in [2.45, 2.75) is 117 Å². The lowest BCUT2D eigenvalue weighted by Crippen LogP contribution is -2.65. The van der Waals surface area contributed by atoms with Gasteiger partial charge in [0.1, 0.15) is 17.5 Å². The molecule has 208 valence electrons. The smallest absolute Gasteiger partial charge is 0.170 e. The Balaban J connectivity index is 1.77. The van der Waals surface area contributed by atoms with Crippen molar-refractivity contribution in [3.05, 3.63) is 11.6 Å². The Kier molecular flexibility index (Phi) is 6.41. The molecule has 0 aromatic rings. The quantitative estimate of drug-likeness (QED) is 0.411. The zero-order chi connectivity index (χ0) is 28.1. The minimum Gasteiger partial charge on any atom is -0.393 e. The summed E-state index contributed by atoms with van der Waals surface area (Å²) in [6, 6.07) is 0. The van der Waals surface area contributed by atoms with Crippen LogP contribution < -0.4 is 0 Å². The summed E-state index contributed by atoms with van der Waals surface area (Å²) < 4.78 is 0. The van der Waals surface area contributed by atoms with Gasteiger partial charge in [-0.15, -0.1) is 0 Å². The first-order chi connectivity index (χ1) is 16.7. The maximum Gasteiger partial charge on any atom is 0.170 e. The number of aliphatic hydroxyl groups excluding tert-OH is 2. The Morgan fingerprint density at radius 3 is 2.19 bits per heavy atom. The summed E-state index contributed by atoms with van der Waals surface area (Å²) in [7, 11) is 0. The molecule has 7 nitrogen and oxygen atoms in total. The van der Waals surface area contributed by atoms with Crippen molar-refractivity contribution in [2.24, 2.45) is 39.4 Å². The van der Waals surface area contributed by atoms with Gasteiger partial charge in [0.05, 0.1) is 11.7 Å². The van der Waals surface area contributed by atoms with Crippen LogP contribution in [-0.2, 0) is 14.4 Å². The van der Waals surface area contributed by atoms with E-state index in [2.05, 4.69) is 13.0 Å². The molecule has 0 heterocycles. The molecule has 37 heavy (non-hydrogen) atoms. The lowest BCUT2D eigenvalue weighted by Gasteiger charge is -2.64. The van der Waals surface area contributed by atoms with Crippen molar-refractivity contribution >= 4 is 17.3 Å². The van der Waals surface area contributed by atoms with Crippen LogP contribution in [0, 0.1) is 39.4 Å². The standard InChI is InChI=1S/C30H46O7/c1-25(2,36)12-11-21(33)30(8,37)23-19(32)14-27(5)20-10-9-16-17(13-18(31)24(35)26(16,3)4)29(20,7)22(34)15-28(23,27)6/h9,17-20,23,31-32,36-37H,10-15H2,1-8H3/t17-,18+,19-,20+,23+,27+,28-,29+,30-/m1/s1. The molecule has 4 aliphatic carbocycles. The fraction of sp³-hybridized carbons (Fsp3) is 0.833. The number of carbonyl (C=O) groups is 3. The Labute approximate surface area is 220 Å². The molecule has 3 saturated carbocycles. The van der Waals surface area contributed by atoms with Gasteiger partial charge in [0.2, 0.25) is 0 Å². The third-order valence-corrected chi connectivity index (χ3v) is 11.5. The first-order valence-corrected chi connectivity index (χ1v) is 13.8. The van der Waals surface area contributed by atoms with Gasteiger partial charge in [-0.2, -0.15) is 0 Å². The Morgan fingerprint density at radius 2 is 1.62 bits per heavy atom. The fourth-order valence-corrected chi connectivity index (χ4v) is 9.24. The zero-order valence-corrected chi connectivity index (χ0v) is 23.7. The molecule has 9 atom stereocenters. The molecule has 7 heteroatoms. The zero-order valence-electron chi connectivity index (χ0n) is 23.7. The maximum absolute atomic E-state index is 14.2. The lowest BCUT2D eigenvalue weighted by atomic mass is 9.38. The van der Waals surface area contributed by atoms with E-state index in [4.69, 9.17) is 0 Å². The molecule has 0 saturated heterocycles. The molecule has 0 aromatic carbocycles. The van der Waals surface area contributed by atoms with E-state index in [9.17, 15) is 34.8 Å². The second kappa shape index (κ2) is 8.30. The summed E-state index contributed by atoms with van der Waals surface area (Å²) in [6.45, 7) is 14.3. The number of allylic oxidation sites excluding steroid dienone is 2. The normalized spacial score (nSPS) is 44.9. The van der Waals surface area contributed by atoms with Gasteiger partial charge in [0, 0.05) is 29.6 Å². The van der Waals surface area contributed by atoms with Crippen LogP contribution in [0.1, 0.15) is 93.9 Å². The van der Waals surface area contributed by atoms with Crippen LogP contribution in [0.25, 0.3) is 0 Å². The van der Waals surface area contributed by atoms with Gasteiger partial charge in [0.25, 0.3) is 0 Å². The minimum absolute atomic E-state index is 0.00395. The van der Waals surface area contributed by atoms with Crippen molar-refractivity contribution in [1.29, 1.82) is 0 Å². The third-order valence-electron chi connectivity index (χ3n) is 11.5. The van der Waals surface area contributed by atoms with E-state index < -0.39 is 56.8 Å². The predicted octanol–water partition coefficient (Wildman–Crippen LogP) is 3.15. The van der Waals surface area contributed by atoms with Gasteiger partial charge >= 0.3 is 0 Å². The fourth-order valence-electron chi connectivity index (χ4n) is 9.24. The van der Waals surface area contributed by atoms with Gasteiger partial charge < -0.3 is 20.4 Å². The summed E-state index contributed by atoms with van der Waals surface area (Å²) in [5.41, 5.74) is -5.10. The molecule has 0 bridgehead atoms. The van der Waals surface area contributed by atoms with E-state index in [1.54, 1.807) is 13.8 Å². The minimum atomic E-state index is -1.86. The first kappa shape index (κ1) is 28.6. The topological polar surface area (TPSA) is 132 Å². The highest BCUT2D eigenvalue weighted by molar-refractivity contribution is 5.95. The summed E-state index contributed by atoms with van der Waals surface area (Å²) in [6.07, 6.45) is 1.33. The molecule has 0 radical (unpaired) electrons. The Hall–Kier alpha value is -1.41. The van der Waals surface area contributed by atoms with Gasteiger partial charge in [-0.3, -0.25) is 14.4 Å². The molecular weight excluding hydrogens is 472 g/mol. The van der Waals surface area contributed by atoms with E-state index in [0.717, 1.165) is 5.57 Å². The maximum atomic E-state index is 14.2. The van der Waals surface area contributed by atoms with Crippen LogP contribution in [0.3, 0.4) is 0 Å². The number of carbonyl (C=O) groups excluding carboxylic acids is 3. The summed E-state index contributed by atoms with van der Waals surface area (Å²) in [4.78, 5) is 40.4. The van der Waals surface area contributed by atoms with Crippen LogP contribution in [0.15, 0.2) is 11.6 Å². The first-order valence-electron chi connectivity index (χ1n) is 13.8. The number of fused-ring (bicyclic) bond motifs is 5. The van der Waals surface area contributed by atoms with Gasteiger partial charge in [-0.1, -0.05) is 32.4 Å². The highest BCUT2D eigenvalue weighted by Gasteiger charge is 2.74. The van der Waals surface area contributed by atoms with Gasteiger partial charge in [-0.05, 0) is 83.0 Å². The Morgan fingerprint density at radius 1 is 1.03 bits per heavy atom. The van der Waals surface area contributed by atoms with E-state index in [1.165, 1.54) is 6.92 Å². The van der Waals surface area contributed by atoms with Crippen molar-refractivity contribution in [3.63, 3.8) is 0 Å². The van der Waals surface area contributed by atoms with Crippen molar-refractivity contribution in [2.75, 3.05) is 0 Å². The summed E-state index contributed by atoms with van der Waals surface area (Å²) in [5, 5.41) is 43.9. The second-order valence-electron chi connectivity index (χ2n) is 14.6. The average molecular weight is 519 g/mol. The summed E-state index contributed by atoms with van der Waals surface area (Å²) in [5.74, 6) is -1.96. The van der Waals surface area contributed by atoms with Gasteiger partial charge in [0.15, 0.2) is 11.6 Å². The van der Waals surface area contributed by atoms with E-state index >= 15 is 0 Å². The molecule has 0 unspecified atom stereocenters. The number of aliphatic hydroxyl groups is 4. The highest BCUT2D eigenvalue weighted by Crippen LogP contribution is 2.74. The number of ketones is 3. The molecule has 4 N–H and O–H groups in total. The number of hydrogen-bond donors (Lipinski definition) is 4.